The smallest absolute Gasteiger partial charge is 0.323 e. The lowest BCUT2D eigenvalue weighted by atomic mass is 9.97. The van der Waals surface area contributed by atoms with Gasteiger partial charge in [-0.1, -0.05) is 24.0 Å². The molecule has 0 unspecified atom stereocenters. The second-order valence-corrected chi connectivity index (χ2v) is 7.44. The number of nitrogens with two attached hydrogens (primary N) is 2. The number of anilines is 2. The van der Waals surface area contributed by atoms with Gasteiger partial charge in [0, 0.05) is 22.4 Å². The minimum Gasteiger partial charge on any atom is -0.369 e. The van der Waals surface area contributed by atoms with Crippen molar-refractivity contribution in [2.24, 2.45) is 27.1 Å². The quantitative estimate of drug-likeness (QED) is 0.276. The van der Waals surface area contributed by atoms with Crippen LogP contribution in [0.3, 0.4) is 0 Å². The van der Waals surface area contributed by atoms with Crippen LogP contribution < -0.4 is 22.1 Å². The lowest BCUT2D eigenvalue weighted by molar-refractivity contribution is 0.262. The second kappa shape index (κ2) is 9.42. The van der Waals surface area contributed by atoms with Crippen LogP contribution in [0.5, 0.6) is 0 Å². The Labute approximate surface area is 171 Å². The van der Waals surface area contributed by atoms with Crippen molar-refractivity contribution >= 4 is 29.1 Å². The fourth-order valence-electron chi connectivity index (χ4n) is 2.18. The molecule has 2 rings (SSSR count). The van der Waals surface area contributed by atoms with Gasteiger partial charge in [0.25, 0.3) is 0 Å². The molecule has 7 nitrogen and oxygen atoms in total. The number of carbonyl (C=O) groups is 1. The van der Waals surface area contributed by atoms with E-state index in [0.717, 1.165) is 11.1 Å². The zero-order valence-electron chi connectivity index (χ0n) is 17.1. The Morgan fingerprint density at radius 3 is 1.90 bits per heavy atom. The minimum absolute atomic E-state index is 0.0538. The summed E-state index contributed by atoms with van der Waals surface area (Å²) in [6.07, 6.45) is 0. The van der Waals surface area contributed by atoms with Crippen molar-refractivity contribution in [2.75, 3.05) is 10.6 Å². The molecule has 0 spiro atoms. The predicted octanol–water partition coefficient (Wildman–Crippen LogP) is 3.73. The lowest BCUT2D eigenvalue weighted by Gasteiger charge is -2.09. The van der Waals surface area contributed by atoms with Crippen LogP contribution in [0.2, 0.25) is 0 Å². The molecule has 0 heterocycles. The molecule has 2 aromatic rings. The van der Waals surface area contributed by atoms with E-state index in [-0.39, 0.29) is 17.4 Å². The molecular weight excluding hydrogens is 364 g/mol. The van der Waals surface area contributed by atoms with Gasteiger partial charge in [-0.3, -0.25) is 0 Å². The number of hydrogen-bond donors (Lipinski definition) is 4. The molecule has 0 atom stereocenters. The van der Waals surface area contributed by atoms with Gasteiger partial charge in [0.1, 0.15) is 0 Å². The first kappa shape index (κ1) is 21.5. The molecule has 150 valence electrons. The van der Waals surface area contributed by atoms with Gasteiger partial charge < -0.3 is 22.1 Å². The molecule has 0 aliphatic heterocycles. The number of urea groups is 1. The number of rotatable bonds is 4. The monoisotopic (exact) mass is 390 g/mol. The molecule has 29 heavy (non-hydrogen) atoms. The summed E-state index contributed by atoms with van der Waals surface area (Å²) in [6.45, 7) is 7.97. The molecule has 2 amide bonds. The van der Waals surface area contributed by atoms with E-state index in [1.807, 2.05) is 36.4 Å². The molecule has 2 aromatic carbocycles. The molecule has 0 aromatic heterocycles. The number of nitrogens with zero attached hydrogens (tertiary/aromatic N) is 2. The molecule has 7 heteroatoms. The zero-order valence-corrected chi connectivity index (χ0v) is 17.1. The summed E-state index contributed by atoms with van der Waals surface area (Å²) in [5.74, 6) is 6.20. The maximum atomic E-state index is 12.2. The van der Waals surface area contributed by atoms with Crippen LogP contribution in [0.25, 0.3) is 0 Å². The molecule has 0 aliphatic rings. The van der Waals surface area contributed by atoms with E-state index in [4.69, 9.17) is 11.5 Å². The molecular formula is C22H26N6O. The van der Waals surface area contributed by atoms with E-state index >= 15 is 0 Å². The molecule has 0 radical (unpaired) electrons. The largest absolute Gasteiger partial charge is 0.369 e. The Morgan fingerprint density at radius 1 is 0.897 bits per heavy atom. The zero-order chi connectivity index (χ0) is 21.4. The van der Waals surface area contributed by atoms with Gasteiger partial charge in [-0.15, -0.1) is 5.10 Å². The minimum atomic E-state index is -0.336. The second-order valence-electron chi connectivity index (χ2n) is 7.44. The van der Waals surface area contributed by atoms with Crippen molar-refractivity contribution in [1.82, 2.24) is 0 Å². The van der Waals surface area contributed by atoms with Crippen LogP contribution in [0.15, 0.2) is 58.7 Å². The lowest BCUT2D eigenvalue weighted by Crippen LogP contribution is -2.22. The van der Waals surface area contributed by atoms with E-state index in [0.29, 0.717) is 17.1 Å². The van der Waals surface area contributed by atoms with E-state index < -0.39 is 0 Å². The van der Waals surface area contributed by atoms with Crippen molar-refractivity contribution in [1.29, 1.82) is 0 Å². The summed E-state index contributed by atoms with van der Waals surface area (Å²) < 4.78 is 0. The Bertz CT molecular complexity index is 967. The Morgan fingerprint density at radius 2 is 1.41 bits per heavy atom. The van der Waals surface area contributed by atoms with Crippen LogP contribution in [-0.4, -0.2) is 17.7 Å². The summed E-state index contributed by atoms with van der Waals surface area (Å²) in [7, 11) is 0. The number of hydrogen-bond acceptors (Lipinski definition) is 3. The Balaban J connectivity index is 1.96. The highest BCUT2D eigenvalue weighted by Gasteiger charge is 2.05. The van der Waals surface area contributed by atoms with Gasteiger partial charge in [0.2, 0.25) is 5.96 Å². The van der Waals surface area contributed by atoms with E-state index in [9.17, 15) is 4.79 Å². The van der Waals surface area contributed by atoms with Crippen molar-refractivity contribution in [3.8, 4) is 11.8 Å². The Kier molecular flexibility index (Phi) is 6.99. The maximum absolute atomic E-state index is 12.2. The fourth-order valence-corrected chi connectivity index (χ4v) is 2.18. The van der Waals surface area contributed by atoms with Gasteiger partial charge in [0.15, 0.2) is 0 Å². The first-order chi connectivity index (χ1) is 13.6. The normalized spacial score (nSPS) is 11.1. The van der Waals surface area contributed by atoms with Gasteiger partial charge in [0.05, 0.1) is 5.71 Å². The van der Waals surface area contributed by atoms with Gasteiger partial charge in [-0.05, 0) is 69.7 Å². The van der Waals surface area contributed by atoms with Crippen molar-refractivity contribution in [2.45, 2.75) is 27.7 Å². The van der Waals surface area contributed by atoms with Crippen LogP contribution >= 0.6 is 0 Å². The highest BCUT2D eigenvalue weighted by molar-refractivity contribution is 6.01. The molecule has 6 N–H and O–H groups in total. The number of benzene rings is 2. The third-order valence-corrected chi connectivity index (χ3v) is 3.60. The van der Waals surface area contributed by atoms with Crippen LogP contribution in [0.1, 0.15) is 38.8 Å². The number of carbonyl (C=O) groups excluding carboxylic acids is 1. The van der Waals surface area contributed by atoms with Gasteiger partial charge in [-0.2, -0.15) is 5.10 Å². The summed E-state index contributed by atoms with van der Waals surface area (Å²) in [5.41, 5.74) is 14.2. The number of amides is 2. The highest BCUT2D eigenvalue weighted by Crippen LogP contribution is 2.14. The number of nitrogens with one attached hydrogen (secondary N) is 2. The summed E-state index contributed by atoms with van der Waals surface area (Å²) in [5, 5.41) is 13.1. The third kappa shape index (κ3) is 7.77. The topological polar surface area (TPSA) is 118 Å². The van der Waals surface area contributed by atoms with Crippen LogP contribution in [0.4, 0.5) is 16.2 Å². The van der Waals surface area contributed by atoms with Crippen LogP contribution in [0, 0.1) is 17.3 Å². The third-order valence-electron chi connectivity index (χ3n) is 3.60. The van der Waals surface area contributed by atoms with Gasteiger partial charge >= 0.3 is 6.03 Å². The predicted molar refractivity (Wildman–Crippen MR) is 120 cm³/mol. The fraction of sp³-hybridized carbons (Fsp3) is 0.227. The maximum Gasteiger partial charge on any atom is 0.323 e. The van der Waals surface area contributed by atoms with Gasteiger partial charge in [-0.25, -0.2) is 4.79 Å². The average molecular weight is 390 g/mol. The van der Waals surface area contributed by atoms with E-state index in [1.54, 1.807) is 19.1 Å². The SMILES string of the molecule is C/C(=N\N=C(N)N)c1ccc(NC(=O)Nc2ccc(C#CC(C)(C)C)cc2)cc1. The molecule has 0 bridgehead atoms. The molecule has 0 saturated carbocycles. The van der Waals surface area contributed by atoms with Crippen LogP contribution in [-0.2, 0) is 0 Å². The summed E-state index contributed by atoms with van der Waals surface area (Å²) in [4.78, 5) is 12.2. The number of guanidine groups is 1. The van der Waals surface area contributed by atoms with Crippen molar-refractivity contribution in [3.63, 3.8) is 0 Å². The van der Waals surface area contributed by atoms with Crippen molar-refractivity contribution in [3.05, 3.63) is 59.7 Å². The average Bonchev–Trinajstić information content (AvgIpc) is 2.65. The Hall–Kier alpha value is -3.79. The summed E-state index contributed by atoms with van der Waals surface area (Å²) >= 11 is 0. The first-order valence-corrected chi connectivity index (χ1v) is 9.07. The standard InChI is InChI=1S/C22H26N6O/c1-15(27-28-20(23)24)17-7-11-19(12-8-17)26-21(29)25-18-9-5-16(6-10-18)13-14-22(2,3)4/h5-12H,1-4H3,(H4,23,24,28)(H2,25,26,29)/b27-15+. The van der Waals surface area contributed by atoms with Crippen molar-refractivity contribution < 1.29 is 4.79 Å². The molecule has 0 aliphatic carbocycles. The molecule has 0 saturated heterocycles. The van der Waals surface area contributed by atoms with E-state index in [2.05, 4.69) is 53.4 Å². The highest BCUT2D eigenvalue weighted by atomic mass is 16.2. The summed E-state index contributed by atoms with van der Waals surface area (Å²) in [6, 6.07) is 14.2. The molecule has 0 fully saturated rings. The first-order valence-electron chi connectivity index (χ1n) is 9.07. The van der Waals surface area contributed by atoms with E-state index in [1.165, 1.54) is 0 Å².